The van der Waals surface area contributed by atoms with E-state index in [9.17, 15) is 0 Å². The third-order valence-electron chi connectivity index (χ3n) is 3.11. The molecule has 0 spiro atoms. The first kappa shape index (κ1) is 13.7. The molecule has 0 radical (unpaired) electrons. The summed E-state index contributed by atoms with van der Waals surface area (Å²) in [6.07, 6.45) is 2.68. The van der Waals surface area contributed by atoms with Crippen LogP contribution in [0.2, 0.25) is 5.02 Å². The van der Waals surface area contributed by atoms with Crippen LogP contribution >= 0.6 is 39.3 Å². The van der Waals surface area contributed by atoms with Gasteiger partial charge < -0.3 is 5.32 Å². The summed E-state index contributed by atoms with van der Waals surface area (Å²) in [4.78, 5) is 0. The third-order valence-corrected chi connectivity index (χ3v) is 5.86. The van der Waals surface area contributed by atoms with Gasteiger partial charge in [0.1, 0.15) is 0 Å². The fraction of sp³-hybridized carbons (Fsp3) is 0.538. The molecule has 1 aliphatic rings. The number of thioether (sulfide) groups is 1. The van der Waals surface area contributed by atoms with Gasteiger partial charge in [0.15, 0.2) is 0 Å². The van der Waals surface area contributed by atoms with Crippen LogP contribution in [0.1, 0.15) is 25.3 Å². The van der Waals surface area contributed by atoms with Gasteiger partial charge in [0, 0.05) is 22.3 Å². The first-order valence-corrected chi connectivity index (χ1v) is 8.03. The van der Waals surface area contributed by atoms with E-state index < -0.39 is 0 Å². The maximum absolute atomic E-state index is 5.97. The normalized spacial score (nSPS) is 24.2. The van der Waals surface area contributed by atoms with Crippen molar-refractivity contribution in [2.45, 2.75) is 31.1 Å². The Morgan fingerprint density at radius 2 is 2.35 bits per heavy atom. The molecule has 0 aromatic heterocycles. The SMILES string of the molecule is CC1(CNCc2ccc(Cl)c(Br)c2)CCCS1. The molecule has 17 heavy (non-hydrogen) atoms. The molecule has 1 fully saturated rings. The Morgan fingerprint density at radius 1 is 1.53 bits per heavy atom. The molecule has 1 unspecified atom stereocenters. The molecule has 4 heteroatoms. The van der Waals surface area contributed by atoms with E-state index in [4.69, 9.17) is 11.6 Å². The Labute approximate surface area is 121 Å². The lowest BCUT2D eigenvalue weighted by Crippen LogP contribution is -2.32. The minimum atomic E-state index is 0.434. The van der Waals surface area contributed by atoms with Crippen LogP contribution in [-0.4, -0.2) is 17.0 Å². The van der Waals surface area contributed by atoms with Crippen molar-refractivity contribution in [2.75, 3.05) is 12.3 Å². The van der Waals surface area contributed by atoms with E-state index in [1.165, 1.54) is 24.2 Å². The minimum absolute atomic E-state index is 0.434. The molecule has 94 valence electrons. The number of halogens is 2. The predicted molar refractivity (Wildman–Crippen MR) is 81.0 cm³/mol. The second-order valence-electron chi connectivity index (χ2n) is 4.75. The molecule has 0 bridgehead atoms. The Bertz CT molecular complexity index is 391. The lowest BCUT2D eigenvalue weighted by atomic mass is 10.1. The first-order valence-electron chi connectivity index (χ1n) is 5.88. The molecule has 0 saturated carbocycles. The highest BCUT2D eigenvalue weighted by Gasteiger charge is 2.28. The second-order valence-corrected chi connectivity index (χ2v) is 7.70. The van der Waals surface area contributed by atoms with Gasteiger partial charge in [0.05, 0.1) is 5.02 Å². The lowest BCUT2D eigenvalue weighted by Gasteiger charge is -2.23. The number of benzene rings is 1. The molecule has 1 nitrogen and oxygen atoms in total. The molecule has 2 rings (SSSR count). The van der Waals surface area contributed by atoms with Gasteiger partial charge in [-0.1, -0.05) is 17.7 Å². The highest BCUT2D eigenvalue weighted by molar-refractivity contribution is 9.10. The van der Waals surface area contributed by atoms with Crippen LogP contribution in [0.3, 0.4) is 0 Å². The Morgan fingerprint density at radius 3 is 3.00 bits per heavy atom. The van der Waals surface area contributed by atoms with Gasteiger partial charge in [-0.15, -0.1) is 0 Å². The van der Waals surface area contributed by atoms with Crippen LogP contribution in [0, 0.1) is 0 Å². The largest absolute Gasteiger partial charge is 0.311 e. The molecule has 0 amide bonds. The highest BCUT2D eigenvalue weighted by Crippen LogP contribution is 2.37. The van der Waals surface area contributed by atoms with Crippen molar-refractivity contribution in [2.24, 2.45) is 0 Å². The Balaban J connectivity index is 1.83. The molecule has 1 N–H and O–H groups in total. The maximum Gasteiger partial charge on any atom is 0.0548 e. The standard InChI is InChI=1S/C13H17BrClNS/c1-13(5-2-6-17-13)9-16-8-10-3-4-12(15)11(14)7-10/h3-4,7,16H,2,5-6,8-9H2,1H3. The van der Waals surface area contributed by atoms with Crippen LogP contribution in [0.15, 0.2) is 22.7 Å². The van der Waals surface area contributed by atoms with E-state index in [2.05, 4.69) is 52.1 Å². The molecular weight excluding hydrogens is 318 g/mol. The van der Waals surface area contributed by atoms with Crippen LogP contribution in [0.25, 0.3) is 0 Å². The number of nitrogens with one attached hydrogen (secondary N) is 1. The number of hydrogen-bond acceptors (Lipinski definition) is 2. The monoisotopic (exact) mass is 333 g/mol. The van der Waals surface area contributed by atoms with Crippen LogP contribution in [0.5, 0.6) is 0 Å². The zero-order valence-electron chi connectivity index (χ0n) is 9.93. The van der Waals surface area contributed by atoms with Gasteiger partial charge in [0.25, 0.3) is 0 Å². The average Bonchev–Trinajstić information content (AvgIpc) is 2.71. The van der Waals surface area contributed by atoms with E-state index in [1.807, 2.05) is 6.07 Å². The van der Waals surface area contributed by atoms with Gasteiger partial charge in [-0.2, -0.15) is 11.8 Å². The summed E-state index contributed by atoms with van der Waals surface area (Å²) in [6.45, 7) is 4.35. The summed E-state index contributed by atoms with van der Waals surface area (Å²) in [5, 5.41) is 4.32. The Hall–Kier alpha value is 0.300. The second kappa shape index (κ2) is 5.96. The van der Waals surface area contributed by atoms with Crippen LogP contribution in [0.4, 0.5) is 0 Å². The fourth-order valence-corrected chi connectivity index (χ4v) is 3.92. The first-order chi connectivity index (χ1) is 8.09. The summed E-state index contributed by atoms with van der Waals surface area (Å²) < 4.78 is 1.41. The van der Waals surface area contributed by atoms with E-state index in [1.54, 1.807) is 0 Å². The van der Waals surface area contributed by atoms with E-state index in [0.29, 0.717) is 4.75 Å². The van der Waals surface area contributed by atoms with Crippen LogP contribution in [-0.2, 0) is 6.54 Å². The highest BCUT2D eigenvalue weighted by atomic mass is 79.9. The molecule has 1 aromatic carbocycles. The zero-order valence-corrected chi connectivity index (χ0v) is 13.1. The molecule has 1 aliphatic heterocycles. The van der Waals surface area contributed by atoms with Gasteiger partial charge in [-0.25, -0.2) is 0 Å². The predicted octanol–water partition coefficient (Wildman–Crippen LogP) is 4.48. The third kappa shape index (κ3) is 3.88. The smallest absolute Gasteiger partial charge is 0.0548 e. The molecule has 1 atom stereocenters. The van der Waals surface area contributed by atoms with Gasteiger partial charge in [-0.3, -0.25) is 0 Å². The van der Waals surface area contributed by atoms with Gasteiger partial charge in [0.2, 0.25) is 0 Å². The van der Waals surface area contributed by atoms with Crippen molar-refractivity contribution in [3.63, 3.8) is 0 Å². The van der Waals surface area contributed by atoms with E-state index in [0.717, 1.165) is 22.6 Å². The van der Waals surface area contributed by atoms with Crippen molar-refractivity contribution in [3.05, 3.63) is 33.3 Å². The summed E-state index contributed by atoms with van der Waals surface area (Å²) in [7, 11) is 0. The number of hydrogen-bond donors (Lipinski definition) is 1. The van der Waals surface area contributed by atoms with E-state index >= 15 is 0 Å². The average molecular weight is 335 g/mol. The number of rotatable bonds is 4. The summed E-state index contributed by atoms with van der Waals surface area (Å²) in [5.41, 5.74) is 1.27. The maximum atomic E-state index is 5.97. The molecule has 0 aliphatic carbocycles. The van der Waals surface area contributed by atoms with Gasteiger partial charge >= 0.3 is 0 Å². The quantitative estimate of drug-likeness (QED) is 0.871. The lowest BCUT2D eigenvalue weighted by molar-refractivity contribution is 0.537. The topological polar surface area (TPSA) is 12.0 Å². The fourth-order valence-electron chi connectivity index (χ4n) is 2.10. The molecular formula is C13H17BrClNS. The minimum Gasteiger partial charge on any atom is -0.311 e. The zero-order chi connectivity index (χ0) is 12.3. The van der Waals surface area contributed by atoms with Crippen molar-refractivity contribution < 1.29 is 0 Å². The van der Waals surface area contributed by atoms with E-state index in [-0.39, 0.29) is 0 Å². The summed E-state index contributed by atoms with van der Waals surface area (Å²) in [5.74, 6) is 1.31. The van der Waals surface area contributed by atoms with Crippen molar-refractivity contribution >= 4 is 39.3 Å². The van der Waals surface area contributed by atoms with Crippen molar-refractivity contribution in [3.8, 4) is 0 Å². The molecule has 1 saturated heterocycles. The van der Waals surface area contributed by atoms with Crippen molar-refractivity contribution in [1.29, 1.82) is 0 Å². The summed E-state index contributed by atoms with van der Waals surface area (Å²) in [6, 6.07) is 6.10. The molecule has 1 heterocycles. The van der Waals surface area contributed by atoms with Gasteiger partial charge in [-0.05, 0) is 59.1 Å². The van der Waals surface area contributed by atoms with Crippen molar-refractivity contribution in [1.82, 2.24) is 5.32 Å². The molecule has 1 aromatic rings. The van der Waals surface area contributed by atoms with Crippen LogP contribution < -0.4 is 5.32 Å². The Kier molecular flexibility index (Phi) is 4.81. The summed E-state index contributed by atoms with van der Waals surface area (Å²) >= 11 is 11.5.